The van der Waals surface area contributed by atoms with Gasteiger partial charge in [0, 0.05) is 10.8 Å². The van der Waals surface area contributed by atoms with Crippen molar-refractivity contribution in [2.45, 2.75) is 0 Å². The molecule has 0 saturated heterocycles. The maximum atomic E-state index is 13.1. The summed E-state index contributed by atoms with van der Waals surface area (Å²) < 4.78 is 0. The highest BCUT2D eigenvalue weighted by atomic mass is 16.9. The van der Waals surface area contributed by atoms with Crippen molar-refractivity contribution < 1.29 is 24.1 Å². The summed E-state index contributed by atoms with van der Waals surface area (Å²) in [5.41, 5.74) is 1.03. The van der Waals surface area contributed by atoms with Crippen LogP contribution in [0.15, 0.2) is 72.8 Å². The van der Waals surface area contributed by atoms with Crippen LogP contribution in [0, 0.1) is 0 Å². The van der Waals surface area contributed by atoms with E-state index < -0.39 is 23.6 Å². The van der Waals surface area contributed by atoms with Crippen molar-refractivity contribution in [1.82, 2.24) is 10.1 Å². The molecule has 4 aromatic carbocycles. The molecule has 0 aromatic heterocycles. The molecule has 0 atom stereocenters. The van der Waals surface area contributed by atoms with Crippen LogP contribution in [0.2, 0.25) is 0 Å². The lowest BCUT2D eigenvalue weighted by Gasteiger charge is -2.31. The molecule has 0 spiro atoms. The fourth-order valence-electron chi connectivity index (χ4n) is 4.25. The predicted molar refractivity (Wildman–Crippen MR) is 110 cm³/mol. The summed E-state index contributed by atoms with van der Waals surface area (Å²) >= 11 is 0. The summed E-state index contributed by atoms with van der Waals surface area (Å²) in [6.45, 7) is 0. The van der Waals surface area contributed by atoms with Gasteiger partial charge in [0.1, 0.15) is 0 Å². The van der Waals surface area contributed by atoms with Gasteiger partial charge in [-0.1, -0.05) is 48.5 Å². The van der Waals surface area contributed by atoms with Crippen LogP contribution < -0.4 is 0 Å². The number of hydrogen-bond donors (Lipinski definition) is 0. The van der Waals surface area contributed by atoms with Crippen LogP contribution in [0.1, 0.15) is 41.4 Å². The van der Waals surface area contributed by atoms with Gasteiger partial charge in [0.2, 0.25) is 0 Å². The first-order valence-corrected chi connectivity index (χ1v) is 9.55. The third kappa shape index (κ3) is 2.26. The molecule has 31 heavy (non-hydrogen) atoms. The molecular weight excluding hydrogens is 396 g/mol. The third-order valence-electron chi connectivity index (χ3n) is 5.63. The van der Waals surface area contributed by atoms with Crippen LogP contribution in [-0.4, -0.2) is 33.8 Å². The number of carbonyl (C=O) groups excluding carboxylic acids is 4. The largest absolute Gasteiger partial charge is 0.287 e. The van der Waals surface area contributed by atoms with Gasteiger partial charge in [-0.15, -0.1) is 15.1 Å². The molecule has 0 aliphatic carbocycles. The number of hydroxylamine groups is 4. The molecular formula is C24H12N2O5. The van der Waals surface area contributed by atoms with Crippen LogP contribution in [0.4, 0.5) is 0 Å². The van der Waals surface area contributed by atoms with Crippen molar-refractivity contribution in [2.75, 3.05) is 0 Å². The van der Waals surface area contributed by atoms with E-state index in [0.717, 1.165) is 10.8 Å². The van der Waals surface area contributed by atoms with E-state index in [0.29, 0.717) is 20.9 Å². The van der Waals surface area contributed by atoms with Gasteiger partial charge < -0.3 is 0 Å². The summed E-state index contributed by atoms with van der Waals surface area (Å²) in [5.74, 6) is -2.97. The minimum absolute atomic E-state index is 0.257. The number of nitrogens with zero attached hydrogens (tertiary/aromatic N) is 2. The zero-order valence-electron chi connectivity index (χ0n) is 15.9. The van der Waals surface area contributed by atoms with Gasteiger partial charge in [0.25, 0.3) is 23.6 Å². The second kappa shape index (κ2) is 6.07. The fourth-order valence-corrected chi connectivity index (χ4v) is 4.25. The van der Waals surface area contributed by atoms with Crippen molar-refractivity contribution in [1.29, 1.82) is 0 Å². The van der Waals surface area contributed by atoms with E-state index in [1.807, 2.05) is 0 Å². The van der Waals surface area contributed by atoms with E-state index in [2.05, 4.69) is 0 Å². The van der Waals surface area contributed by atoms with Crippen LogP contribution in [0.3, 0.4) is 0 Å². The van der Waals surface area contributed by atoms with Crippen LogP contribution >= 0.6 is 0 Å². The SMILES string of the molecule is O=C1c2cccc3cccc(c23)C(=O)N1ON1C(=O)c2cccc3cccc(c23)C1=O. The lowest BCUT2D eigenvalue weighted by atomic mass is 9.95. The summed E-state index contributed by atoms with van der Waals surface area (Å²) in [6, 6.07) is 20.3. The van der Waals surface area contributed by atoms with Crippen molar-refractivity contribution in [3.8, 4) is 0 Å². The molecule has 4 amide bonds. The average Bonchev–Trinajstić information content (AvgIpc) is 2.80. The van der Waals surface area contributed by atoms with Crippen LogP contribution in [0.25, 0.3) is 21.5 Å². The van der Waals surface area contributed by atoms with Gasteiger partial charge in [-0.05, 0) is 35.0 Å². The van der Waals surface area contributed by atoms with Gasteiger partial charge in [-0.25, -0.2) is 0 Å². The summed E-state index contributed by atoms with van der Waals surface area (Å²) in [6.07, 6.45) is 0. The Bertz CT molecular complexity index is 1290. The maximum Gasteiger partial charge on any atom is 0.287 e. The van der Waals surface area contributed by atoms with E-state index >= 15 is 0 Å². The molecule has 7 nitrogen and oxygen atoms in total. The Hall–Kier alpha value is -4.36. The van der Waals surface area contributed by atoms with Crippen molar-refractivity contribution >= 4 is 45.2 Å². The van der Waals surface area contributed by atoms with Crippen LogP contribution in [-0.2, 0) is 4.94 Å². The molecule has 6 rings (SSSR count). The number of amides is 4. The Morgan fingerprint density at radius 2 is 0.742 bits per heavy atom. The molecule has 2 aliphatic rings. The highest BCUT2D eigenvalue weighted by Crippen LogP contribution is 2.33. The molecule has 2 aliphatic heterocycles. The van der Waals surface area contributed by atoms with Gasteiger partial charge >= 0.3 is 0 Å². The monoisotopic (exact) mass is 408 g/mol. The molecule has 0 bridgehead atoms. The minimum Gasteiger partial charge on any atom is -0.266 e. The number of hydrogen-bond acceptors (Lipinski definition) is 5. The van der Waals surface area contributed by atoms with E-state index in [4.69, 9.17) is 4.94 Å². The van der Waals surface area contributed by atoms with Gasteiger partial charge in [0.05, 0.1) is 22.3 Å². The summed E-state index contributed by atoms with van der Waals surface area (Å²) in [7, 11) is 0. The molecule has 0 fully saturated rings. The Kier molecular flexibility index (Phi) is 3.43. The van der Waals surface area contributed by atoms with Gasteiger partial charge in [0.15, 0.2) is 0 Å². The lowest BCUT2D eigenvalue weighted by Crippen LogP contribution is -2.50. The normalized spacial score (nSPS) is 15.4. The standard InChI is InChI=1S/C24H12N2O5/c27-21-15-9-1-5-13-6-2-10-16(19(13)15)22(28)25(21)31-26-23(29)17-11-3-7-14-8-4-12-18(20(14)17)24(26)30/h1-12H. The Balaban J connectivity index is 1.45. The predicted octanol–water partition coefficient (Wildman–Crippen LogP) is 3.73. The Morgan fingerprint density at radius 1 is 0.452 bits per heavy atom. The molecule has 4 aromatic rings. The second-order valence-corrected chi connectivity index (χ2v) is 7.31. The van der Waals surface area contributed by atoms with Crippen molar-refractivity contribution in [2.24, 2.45) is 0 Å². The quantitative estimate of drug-likeness (QED) is 0.472. The highest BCUT2D eigenvalue weighted by Gasteiger charge is 2.41. The second-order valence-electron chi connectivity index (χ2n) is 7.31. The first-order valence-electron chi connectivity index (χ1n) is 9.55. The third-order valence-corrected chi connectivity index (χ3v) is 5.63. The molecule has 0 unspecified atom stereocenters. The first-order chi connectivity index (χ1) is 15.1. The van der Waals surface area contributed by atoms with Gasteiger partial charge in [-0.2, -0.15) is 0 Å². The van der Waals surface area contributed by atoms with E-state index in [1.54, 1.807) is 72.8 Å². The number of benzene rings is 4. The lowest BCUT2D eigenvalue weighted by molar-refractivity contribution is -0.220. The molecule has 148 valence electrons. The maximum absolute atomic E-state index is 13.1. The van der Waals surface area contributed by atoms with E-state index in [9.17, 15) is 19.2 Å². The molecule has 7 heteroatoms. The summed E-state index contributed by atoms with van der Waals surface area (Å²) in [5, 5.41) is 3.46. The summed E-state index contributed by atoms with van der Waals surface area (Å²) in [4.78, 5) is 57.7. The zero-order chi connectivity index (χ0) is 21.3. The molecule has 0 radical (unpaired) electrons. The zero-order valence-corrected chi connectivity index (χ0v) is 15.9. The molecule has 0 saturated carbocycles. The number of carbonyl (C=O) groups is 4. The average molecular weight is 408 g/mol. The minimum atomic E-state index is -0.744. The number of rotatable bonds is 2. The van der Waals surface area contributed by atoms with Crippen molar-refractivity contribution in [3.05, 3.63) is 95.1 Å². The Morgan fingerprint density at radius 3 is 1.03 bits per heavy atom. The highest BCUT2D eigenvalue weighted by molar-refractivity contribution is 6.26. The van der Waals surface area contributed by atoms with E-state index in [-0.39, 0.29) is 22.3 Å². The topological polar surface area (TPSA) is 84.0 Å². The first kappa shape index (κ1) is 17.5. The van der Waals surface area contributed by atoms with Crippen LogP contribution in [0.5, 0.6) is 0 Å². The molecule has 0 N–H and O–H groups in total. The van der Waals surface area contributed by atoms with Gasteiger partial charge in [-0.3, -0.25) is 19.2 Å². The van der Waals surface area contributed by atoms with Crippen molar-refractivity contribution in [3.63, 3.8) is 0 Å². The molecule has 2 heterocycles. The van der Waals surface area contributed by atoms with E-state index in [1.165, 1.54) is 0 Å². The smallest absolute Gasteiger partial charge is 0.266 e. The Labute approximate surface area is 174 Å². The fraction of sp³-hybridized carbons (Fsp3) is 0. The number of imide groups is 2.